The van der Waals surface area contributed by atoms with Crippen LogP contribution in [0.15, 0.2) is 54.6 Å². The maximum absolute atomic E-state index is 10.8. The van der Waals surface area contributed by atoms with Crippen LogP contribution < -0.4 is 40.4 Å². The van der Waals surface area contributed by atoms with Gasteiger partial charge >= 0.3 is 5.97 Å². The molecule has 716 valence electrons. The molecular formula is C91H158N3O30+. The van der Waals surface area contributed by atoms with Crippen molar-refractivity contribution in [3.63, 3.8) is 0 Å². The van der Waals surface area contributed by atoms with E-state index in [-0.39, 0.29) is 88.0 Å². The predicted molar refractivity (Wildman–Crippen MR) is 455 cm³/mol. The van der Waals surface area contributed by atoms with Crippen LogP contribution in [0.25, 0.3) is 0 Å². The number of unbranched alkanes of at least 4 members (excludes halogenated alkanes) is 6. The van der Waals surface area contributed by atoms with Crippen molar-refractivity contribution < 1.29 is 167 Å². The number of hydrogen-bond donors (Lipinski definition) is 25. The van der Waals surface area contributed by atoms with Crippen LogP contribution in [0.2, 0.25) is 0 Å². The molecule has 124 heavy (non-hydrogen) atoms. The summed E-state index contributed by atoms with van der Waals surface area (Å²) in [5.74, 6) is 1.65. The average Bonchev–Trinajstić information content (AvgIpc) is 1.65. The molecule has 28 N–H and O–H groups in total. The van der Waals surface area contributed by atoms with Crippen molar-refractivity contribution in [1.82, 2.24) is 0 Å². The Balaban J connectivity index is 0.000000397. The number of carbonyl (C=O) groups is 3. The van der Waals surface area contributed by atoms with Crippen molar-refractivity contribution in [2.45, 2.75) is 311 Å². The van der Waals surface area contributed by atoms with Crippen LogP contribution in [-0.2, 0) is 52.9 Å². The van der Waals surface area contributed by atoms with Gasteiger partial charge in [-0.2, -0.15) is 0 Å². The lowest BCUT2D eigenvalue weighted by molar-refractivity contribution is -0.635. The number of quaternary nitrogens is 3. The van der Waals surface area contributed by atoms with Crippen LogP contribution in [0.5, 0.6) is 17.2 Å². The van der Waals surface area contributed by atoms with Crippen LogP contribution in [0, 0.1) is 53.3 Å². The summed E-state index contributed by atoms with van der Waals surface area (Å²) < 4.78 is 16.4. The van der Waals surface area contributed by atoms with Crippen LogP contribution in [0.3, 0.4) is 0 Å². The summed E-state index contributed by atoms with van der Waals surface area (Å²) in [6, 6.07) is 17.5. The second-order valence-electron chi connectivity index (χ2n) is 34.6. The summed E-state index contributed by atoms with van der Waals surface area (Å²) in [4.78, 5) is 32.3. The van der Waals surface area contributed by atoms with Crippen LogP contribution in [-0.4, -0.2) is 321 Å². The molecule has 0 radical (unpaired) electrons. The van der Waals surface area contributed by atoms with Gasteiger partial charge in [-0.25, -0.2) is 4.79 Å². The van der Waals surface area contributed by atoms with E-state index in [0.29, 0.717) is 52.8 Å². The third-order valence-corrected chi connectivity index (χ3v) is 25.4. The number of aliphatic carboxylic acids is 3. The highest BCUT2D eigenvalue weighted by atomic mass is 16.5. The van der Waals surface area contributed by atoms with Gasteiger partial charge in [0.25, 0.3) is 0 Å². The molecule has 0 heterocycles. The number of carbonyl (C=O) groups excluding carboxylic acids is 2. The Hall–Kier alpha value is -5.49. The van der Waals surface area contributed by atoms with Gasteiger partial charge in [0.05, 0.1) is 89.5 Å². The fourth-order valence-corrected chi connectivity index (χ4v) is 18.5. The van der Waals surface area contributed by atoms with Crippen molar-refractivity contribution in [1.29, 1.82) is 0 Å². The summed E-state index contributed by atoms with van der Waals surface area (Å²) in [5, 5.41) is 233. The number of likely N-dealkylation sites (N-methyl/N-ethyl adjacent to an activating group) is 3. The standard InChI is InChI=1S/3C23H34O5.3C7H17NO5.CH4/c3*1-2-3-4-7-17(24)9-10-18-19-11-15-6-5-8-22(28-14-23(26)27)20(15)12-16(19)13-21(18)25;3*1-8-2-4(10)6(12)7(13)5(11)3-9;/h3*5-6,8,16-19,21,24-25H,2-4,7,9-14H2,1H3,(H,26,27);3*4-13H,2-3H2,1H3;1H4/p+1/t3*16-,17-,18+,19-,21+;;;;/m000..../s1. The molecular weight excluding hydrogens is 1610 g/mol. The van der Waals surface area contributed by atoms with Crippen molar-refractivity contribution >= 4 is 17.9 Å². The van der Waals surface area contributed by atoms with E-state index in [1.54, 1.807) is 37.1 Å². The van der Waals surface area contributed by atoms with E-state index in [9.17, 15) is 85.9 Å². The minimum Gasteiger partial charge on any atom is -0.546 e. The number of hydrogen-bond acceptors (Lipinski definition) is 29. The Morgan fingerprint density at radius 2 is 0.629 bits per heavy atom. The molecule has 33 heteroatoms. The first-order valence-corrected chi connectivity index (χ1v) is 44.8. The molecule has 9 rings (SSSR count). The lowest BCUT2D eigenvalue weighted by Gasteiger charge is -2.32. The minimum absolute atomic E-state index is 0. The number of aliphatic hydroxyl groups is 21. The van der Waals surface area contributed by atoms with E-state index in [1.165, 1.54) is 16.7 Å². The van der Waals surface area contributed by atoms with Crippen LogP contribution >= 0.6 is 0 Å². The summed E-state index contributed by atoms with van der Waals surface area (Å²) in [7, 11) is 5.10. The van der Waals surface area contributed by atoms with E-state index in [1.807, 2.05) is 36.4 Å². The molecule has 3 aromatic rings. The highest BCUT2D eigenvalue weighted by Gasteiger charge is 2.48. The summed E-state index contributed by atoms with van der Waals surface area (Å²) in [5.41, 5.74) is 6.87. The fraction of sp³-hybridized carbons (Fsp3) is 0.769. The number of carboxylic acid groups (broad SMARTS) is 3. The normalized spacial score (nSPS) is 24.9. The van der Waals surface area contributed by atoms with Gasteiger partial charge < -0.3 is 162 Å². The lowest BCUT2D eigenvalue weighted by atomic mass is 9.73. The first-order valence-electron chi connectivity index (χ1n) is 44.8. The van der Waals surface area contributed by atoms with Gasteiger partial charge in [0.1, 0.15) is 123 Å². The molecule has 6 aliphatic rings. The third-order valence-electron chi connectivity index (χ3n) is 25.4. The third kappa shape index (κ3) is 37.2. The number of carboxylic acids is 3. The van der Waals surface area contributed by atoms with E-state index < -0.39 is 124 Å². The summed E-state index contributed by atoms with van der Waals surface area (Å²) >= 11 is 0. The zero-order valence-corrected chi connectivity index (χ0v) is 73.1. The fourth-order valence-electron chi connectivity index (χ4n) is 18.5. The molecule has 27 atom stereocenters. The monoisotopic (exact) mass is 1770 g/mol. The van der Waals surface area contributed by atoms with Crippen molar-refractivity contribution in [2.24, 2.45) is 53.3 Å². The van der Waals surface area contributed by atoms with Crippen molar-refractivity contribution in [3.8, 4) is 17.2 Å². The number of ether oxygens (including phenoxy) is 3. The topological polar surface area (TPSA) is 620 Å². The van der Waals surface area contributed by atoms with Gasteiger partial charge in [-0.3, -0.25) is 0 Å². The van der Waals surface area contributed by atoms with Gasteiger partial charge in [0.2, 0.25) is 0 Å². The largest absolute Gasteiger partial charge is 0.546 e. The van der Waals surface area contributed by atoms with E-state index in [0.717, 1.165) is 190 Å². The second-order valence-corrected chi connectivity index (χ2v) is 34.6. The molecule has 6 aliphatic carbocycles. The summed E-state index contributed by atoms with van der Waals surface area (Å²) in [6.07, 6.45) is 6.78. The molecule has 12 unspecified atom stereocenters. The minimum atomic E-state index is -1.53. The van der Waals surface area contributed by atoms with Crippen molar-refractivity contribution in [3.05, 3.63) is 88.0 Å². The molecule has 0 aliphatic heterocycles. The molecule has 0 amide bonds. The molecule has 33 nitrogen and oxygen atoms in total. The predicted octanol–water partition coefficient (Wildman–Crippen LogP) is -4.44. The SMILES string of the molecule is C.CCCCC[C@H](O)CC[C@@H]1[C@H]2Cc3cccc(OCC(=O)O)c3C[C@H]2C[C@H]1O.CCCCC[C@H](O)CC[C@@H]1[C@H]2Cc3cccc(OCC(=O)[O-])c3C[C@H]2C[C@H]1O.CCCCC[C@H](O)CC[C@@H]1[C@H]2Cc3cccc(OCC(=O)[O-])c3C[C@H]2C[C@H]1O.C[NH2+]CC(O)C(O)C(O)C(O)CO.C[NH2+]CC(O)C(O)C(O)C(O)CO.C[NH2+]CC(O)C(O)C(O)C(O)CO. The molecule has 0 spiro atoms. The number of rotatable bonds is 48. The molecule has 0 bridgehead atoms. The number of fused-ring (bicyclic) bond motifs is 6. The maximum atomic E-state index is 10.8. The molecule has 3 fully saturated rings. The quantitative estimate of drug-likeness (QED) is 0.0237. The first-order chi connectivity index (χ1) is 58.6. The summed E-state index contributed by atoms with van der Waals surface area (Å²) in [6.45, 7) is 3.99. The molecule has 3 saturated carbocycles. The van der Waals surface area contributed by atoms with Gasteiger partial charge in [-0.15, -0.1) is 0 Å². The van der Waals surface area contributed by atoms with E-state index in [4.69, 9.17) is 65.3 Å². The van der Waals surface area contributed by atoms with Gasteiger partial charge in [0.15, 0.2) is 6.61 Å². The maximum Gasteiger partial charge on any atom is 0.341 e. The number of nitrogens with two attached hydrogens (primary N) is 3. The Bertz CT molecular complexity index is 3050. The highest BCUT2D eigenvalue weighted by Crippen LogP contribution is 2.52. The molecule has 3 aromatic carbocycles. The molecule has 0 saturated heterocycles. The smallest absolute Gasteiger partial charge is 0.341 e. The zero-order chi connectivity index (χ0) is 91.6. The van der Waals surface area contributed by atoms with Gasteiger partial charge in [-0.05, 0) is 220 Å². The number of aliphatic hydroxyl groups excluding tert-OH is 21. The zero-order valence-electron chi connectivity index (χ0n) is 73.1. The Labute approximate surface area is 732 Å². The van der Waals surface area contributed by atoms with E-state index in [2.05, 4.69) is 39.0 Å². The lowest BCUT2D eigenvalue weighted by Crippen LogP contribution is -2.83. The van der Waals surface area contributed by atoms with Crippen molar-refractivity contribution in [2.75, 3.05) is 80.4 Å². The first kappa shape index (κ1) is 113. The Kier molecular flexibility index (Phi) is 54.9. The Morgan fingerprint density at radius 3 is 0.855 bits per heavy atom. The Morgan fingerprint density at radius 1 is 0.379 bits per heavy atom. The van der Waals surface area contributed by atoms with Crippen LogP contribution in [0.1, 0.15) is 196 Å². The highest BCUT2D eigenvalue weighted by molar-refractivity contribution is 5.68. The van der Waals surface area contributed by atoms with E-state index >= 15 is 0 Å². The van der Waals surface area contributed by atoms with Gasteiger partial charge in [0, 0.05) is 0 Å². The molecule has 0 aromatic heterocycles. The number of benzene rings is 3. The van der Waals surface area contributed by atoms with Gasteiger partial charge in [-0.1, -0.05) is 122 Å². The second kappa shape index (κ2) is 60.4. The average molecular weight is 1770 g/mol. The van der Waals surface area contributed by atoms with Crippen LogP contribution in [0.4, 0.5) is 0 Å².